The molecule has 0 N–H and O–H groups in total. The van der Waals surface area contributed by atoms with E-state index in [1.165, 1.54) is 33.4 Å². The molecule has 0 saturated heterocycles. The fraction of sp³-hybridized carbons (Fsp3) is 0. The molecule has 0 atom stereocenters. The molecule has 0 radical (unpaired) electrons. The van der Waals surface area contributed by atoms with Crippen molar-refractivity contribution in [3.05, 3.63) is 152 Å². The van der Waals surface area contributed by atoms with Gasteiger partial charge in [-0.2, -0.15) is 0 Å². The molecule has 5 aromatic carbocycles. The Labute approximate surface area is 251 Å². The minimum absolute atomic E-state index is 0. The van der Waals surface area contributed by atoms with Crippen molar-refractivity contribution in [2.45, 2.75) is 0 Å². The molecule has 6 heteroatoms. The van der Waals surface area contributed by atoms with E-state index >= 15 is 0 Å². The molecule has 0 aromatic heterocycles. The van der Waals surface area contributed by atoms with Gasteiger partial charge in [-0.1, -0.05) is 103 Å². The van der Waals surface area contributed by atoms with Crippen LogP contribution in [0.2, 0.25) is 0 Å². The molecule has 0 aliphatic rings. The van der Waals surface area contributed by atoms with E-state index in [1.807, 2.05) is 6.07 Å². The van der Waals surface area contributed by atoms with Gasteiger partial charge in [-0.05, 0) is 48.5 Å². The van der Waals surface area contributed by atoms with Gasteiger partial charge in [0.15, 0.2) is 0 Å². The zero-order valence-corrected chi connectivity index (χ0v) is 24.8. The van der Waals surface area contributed by atoms with Gasteiger partial charge in [-0.15, -0.1) is 5.75 Å². The first kappa shape index (κ1) is 34.1. The topological polar surface area (TPSA) is 23.1 Å². The molecular formula is C30H25MoOPS3-6. The van der Waals surface area contributed by atoms with Gasteiger partial charge >= 0.3 is 0 Å². The van der Waals surface area contributed by atoms with Crippen molar-refractivity contribution in [2.24, 2.45) is 0 Å². The van der Waals surface area contributed by atoms with Crippen molar-refractivity contribution in [2.75, 3.05) is 0 Å². The largest absolute Gasteiger partial charge is 2.00 e. The van der Waals surface area contributed by atoms with Crippen LogP contribution in [-0.4, -0.2) is 0 Å². The van der Waals surface area contributed by atoms with E-state index in [4.69, 9.17) is 0 Å². The zero-order valence-electron chi connectivity index (χ0n) is 19.4. The Bertz CT molecular complexity index is 1050. The van der Waals surface area contributed by atoms with Gasteiger partial charge in [0, 0.05) is 21.1 Å². The van der Waals surface area contributed by atoms with Gasteiger partial charge in [-0.25, -0.2) is 0 Å². The quantitative estimate of drug-likeness (QED) is 0.203. The van der Waals surface area contributed by atoms with E-state index in [9.17, 15) is 5.11 Å². The van der Waals surface area contributed by atoms with Gasteiger partial charge in [0.05, 0.1) is 0 Å². The number of hydrogen-bond acceptors (Lipinski definition) is 1. The molecule has 0 aliphatic carbocycles. The fourth-order valence-corrected chi connectivity index (χ4v) is 8.19. The first-order valence-corrected chi connectivity index (χ1v) is 12.4. The van der Waals surface area contributed by atoms with Crippen LogP contribution in [0.1, 0.15) is 0 Å². The van der Waals surface area contributed by atoms with Crippen LogP contribution in [0.3, 0.4) is 0 Å². The van der Waals surface area contributed by atoms with Crippen molar-refractivity contribution in [1.29, 1.82) is 0 Å². The molecule has 5 rings (SSSR count). The van der Waals surface area contributed by atoms with E-state index in [0.29, 0.717) is 0 Å². The maximum Gasteiger partial charge on any atom is 0.144 e. The zero-order chi connectivity index (χ0) is 22.1. The Morgan fingerprint density at radius 3 is 0.694 bits per heavy atom. The SMILES string of the molecule is [Mo].[O-]c1ccccc1.[S-2].[S-2].[S-2].c1ccc([P+](c2ccccc2)(c2ccccc2)c2ccccc2)cc1. The second-order valence-electron chi connectivity index (χ2n) is 7.33. The van der Waals surface area contributed by atoms with Crippen molar-refractivity contribution in [3.8, 4) is 5.75 Å². The summed E-state index contributed by atoms with van der Waals surface area (Å²) in [5.41, 5.74) is 0. The Balaban J connectivity index is 0.000000975. The average Bonchev–Trinajstić information content (AvgIpc) is 2.88. The van der Waals surface area contributed by atoms with E-state index in [0.717, 1.165) is 0 Å². The number of rotatable bonds is 4. The van der Waals surface area contributed by atoms with Crippen LogP contribution in [0.5, 0.6) is 5.75 Å². The second kappa shape index (κ2) is 17.5. The Morgan fingerprint density at radius 1 is 0.333 bits per heavy atom. The summed E-state index contributed by atoms with van der Waals surface area (Å²) >= 11 is 0. The molecule has 0 unspecified atom stereocenters. The first-order valence-electron chi connectivity index (χ1n) is 10.7. The van der Waals surface area contributed by atoms with Crippen LogP contribution in [0.15, 0.2) is 152 Å². The molecule has 0 spiro atoms. The Morgan fingerprint density at radius 2 is 0.528 bits per heavy atom. The van der Waals surface area contributed by atoms with Gasteiger partial charge < -0.3 is 45.6 Å². The normalized spacial score (nSPS) is 9.44. The third-order valence-electron chi connectivity index (χ3n) is 5.32. The maximum atomic E-state index is 10.3. The third-order valence-corrected chi connectivity index (χ3v) is 9.61. The molecule has 0 aliphatic heterocycles. The predicted molar refractivity (Wildman–Crippen MR) is 159 cm³/mol. The third kappa shape index (κ3) is 8.03. The molecule has 1 nitrogen and oxygen atoms in total. The molecule has 36 heavy (non-hydrogen) atoms. The van der Waals surface area contributed by atoms with Gasteiger partial charge in [0.25, 0.3) is 0 Å². The minimum Gasteiger partial charge on any atom is -2.00 e. The summed E-state index contributed by atoms with van der Waals surface area (Å²) in [6.07, 6.45) is 0. The summed E-state index contributed by atoms with van der Waals surface area (Å²) in [5.74, 6) is 0.0718. The summed E-state index contributed by atoms with van der Waals surface area (Å²) in [6, 6.07) is 52.2. The molecule has 0 bridgehead atoms. The Kier molecular flexibility index (Phi) is 16.6. The van der Waals surface area contributed by atoms with E-state index in [2.05, 4.69) is 121 Å². The maximum absolute atomic E-state index is 10.3. The van der Waals surface area contributed by atoms with Crippen LogP contribution in [0.4, 0.5) is 0 Å². The molecular weight excluding hydrogens is 599 g/mol. The molecule has 0 saturated carbocycles. The molecule has 0 amide bonds. The number of para-hydroxylation sites is 1. The van der Waals surface area contributed by atoms with E-state index in [1.54, 1.807) is 12.1 Å². The standard InChI is InChI=1S/C24H20P.C6H6O.Mo.3S/c1-5-13-21(14-6-1)25(22-15-7-2-8-16-22,23-17-9-3-10-18-23)24-19-11-4-12-20-24;7-6-4-2-1-3-5-6;;;;/h1-20H;1-5,7H;;;;/q+1;;;3*-2/p-1. The molecule has 0 fully saturated rings. The fourth-order valence-electron chi connectivity index (χ4n) is 3.92. The van der Waals surface area contributed by atoms with Gasteiger partial charge in [0.2, 0.25) is 0 Å². The van der Waals surface area contributed by atoms with Crippen molar-refractivity contribution >= 4 is 69.0 Å². The van der Waals surface area contributed by atoms with Crippen molar-refractivity contribution in [3.63, 3.8) is 0 Å². The summed E-state index contributed by atoms with van der Waals surface area (Å²) < 4.78 is 0. The number of hydrogen-bond donors (Lipinski definition) is 0. The average molecular weight is 625 g/mol. The summed E-state index contributed by atoms with van der Waals surface area (Å²) in [4.78, 5) is 0. The van der Waals surface area contributed by atoms with Crippen LogP contribution < -0.4 is 26.3 Å². The molecule has 0 heterocycles. The monoisotopic (exact) mass is 626 g/mol. The molecule has 5 aromatic rings. The van der Waals surface area contributed by atoms with Crippen molar-refractivity contribution < 1.29 is 26.2 Å². The summed E-state index contributed by atoms with van der Waals surface area (Å²) in [7, 11) is -1.91. The van der Waals surface area contributed by atoms with Gasteiger partial charge in [0.1, 0.15) is 28.5 Å². The predicted octanol–water partition coefficient (Wildman–Crippen LogP) is 5.06. The van der Waals surface area contributed by atoms with E-state index < -0.39 is 7.26 Å². The van der Waals surface area contributed by atoms with Crippen LogP contribution in [-0.2, 0) is 61.6 Å². The first-order chi connectivity index (χ1) is 15.8. The van der Waals surface area contributed by atoms with Gasteiger partial charge in [-0.3, -0.25) is 0 Å². The van der Waals surface area contributed by atoms with Crippen LogP contribution in [0.25, 0.3) is 0 Å². The molecule has 186 valence electrons. The van der Waals surface area contributed by atoms with Crippen LogP contribution >= 0.6 is 7.26 Å². The Hall–Kier alpha value is -1.93. The summed E-state index contributed by atoms with van der Waals surface area (Å²) in [6.45, 7) is 0. The second-order valence-corrected chi connectivity index (χ2v) is 10.7. The van der Waals surface area contributed by atoms with Crippen molar-refractivity contribution in [1.82, 2.24) is 0 Å². The van der Waals surface area contributed by atoms with E-state index in [-0.39, 0.29) is 67.3 Å². The smallest absolute Gasteiger partial charge is 0.144 e. The number of benzene rings is 5. The minimum atomic E-state index is -1.91. The summed E-state index contributed by atoms with van der Waals surface area (Å²) in [5, 5.41) is 15.8. The van der Waals surface area contributed by atoms with Crippen LogP contribution in [0, 0.1) is 0 Å².